The van der Waals surface area contributed by atoms with Crippen LogP contribution in [0.4, 0.5) is 11.4 Å². The number of anilines is 2. The largest absolute Gasteiger partial charge is 0.497 e. The zero-order valence-electron chi connectivity index (χ0n) is 16.1. The van der Waals surface area contributed by atoms with Crippen molar-refractivity contribution in [3.63, 3.8) is 0 Å². The highest BCUT2D eigenvalue weighted by Crippen LogP contribution is 2.45. The summed E-state index contributed by atoms with van der Waals surface area (Å²) in [5, 5.41) is 2.87. The van der Waals surface area contributed by atoms with E-state index in [9.17, 15) is 14.4 Å². The fourth-order valence-corrected chi connectivity index (χ4v) is 4.10. The highest BCUT2D eigenvalue weighted by molar-refractivity contribution is 6.18. The van der Waals surface area contributed by atoms with E-state index in [0.29, 0.717) is 22.7 Å². The maximum atomic E-state index is 13.6. The number of methoxy groups -OCH3 is 1. The van der Waals surface area contributed by atoms with Crippen molar-refractivity contribution in [2.75, 3.05) is 23.9 Å². The number of benzene rings is 2. The second kappa shape index (κ2) is 7.09. The first-order valence-corrected chi connectivity index (χ1v) is 9.33. The Morgan fingerprint density at radius 3 is 2.79 bits per heavy atom. The van der Waals surface area contributed by atoms with Crippen molar-refractivity contribution in [1.29, 1.82) is 0 Å². The van der Waals surface area contributed by atoms with Crippen LogP contribution in [0.1, 0.15) is 23.2 Å². The molecule has 0 aliphatic carbocycles. The monoisotopic (exact) mass is 391 g/mol. The first kappa shape index (κ1) is 18.7. The summed E-state index contributed by atoms with van der Waals surface area (Å²) < 4.78 is 5.21. The summed E-state index contributed by atoms with van der Waals surface area (Å²) in [5.41, 5.74) is -0.0665. The van der Waals surface area contributed by atoms with E-state index in [0.717, 1.165) is 0 Å². The highest BCUT2D eigenvalue weighted by atomic mass is 16.5. The molecule has 1 atom stereocenters. The zero-order chi connectivity index (χ0) is 20.6. The third-order valence-electron chi connectivity index (χ3n) is 5.38. The van der Waals surface area contributed by atoms with E-state index in [1.54, 1.807) is 61.7 Å². The molecule has 7 nitrogen and oxygen atoms in total. The van der Waals surface area contributed by atoms with Gasteiger partial charge in [0.25, 0.3) is 11.8 Å². The molecule has 2 aliphatic rings. The third kappa shape index (κ3) is 2.77. The Morgan fingerprint density at radius 2 is 2.03 bits per heavy atom. The molecule has 0 radical (unpaired) electrons. The van der Waals surface area contributed by atoms with Gasteiger partial charge in [-0.2, -0.15) is 0 Å². The summed E-state index contributed by atoms with van der Waals surface area (Å²) in [7, 11) is 1.54. The normalized spacial score (nSPS) is 20.2. The molecule has 0 spiro atoms. The minimum absolute atomic E-state index is 0.141. The molecule has 3 amide bonds. The Balaban J connectivity index is 1.83. The summed E-state index contributed by atoms with van der Waals surface area (Å²) in [4.78, 5) is 42.6. The van der Waals surface area contributed by atoms with Gasteiger partial charge < -0.3 is 15.0 Å². The summed E-state index contributed by atoms with van der Waals surface area (Å²) in [6.07, 6.45) is 1.93. The number of nitrogens with zero attached hydrogens (tertiary/aromatic N) is 2. The van der Waals surface area contributed by atoms with E-state index in [1.807, 2.05) is 0 Å². The number of para-hydroxylation sites is 1. The molecular weight excluding hydrogens is 370 g/mol. The Bertz CT molecular complexity index is 1020. The van der Waals surface area contributed by atoms with E-state index in [2.05, 4.69) is 11.9 Å². The van der Waals surface area contributed by atoms with Gasteiger partial charge in [-0.1, -0.05) is 24.3 Å². The number of rotatable bonds is 5. The lowest BCUT2D eigenvalue weighted by molar-refractivity contribution is -0.128. The number of carbonyl (C=O) groups is 3. The minimum Gasteiger partial charge on any atom is -0.497 e. The molecule has 1 unspecified atom stereocenters. The average Bonchev–Trinajstić information content (AvgIpc) is 3.09. The lowest BCUT2D eigenvalue weighted by Gasteiger charge is -2.48. The Kier molecular flexibility index (Phi) is 4.58. The van der Waals surface area contributed by atoms with Crippen LogP contribution in [0, 0.1) is 0 Å². The zero-order valence-corrected chi connectivity index (χ0v) is 16.1. The molecule has 1 fully saturated rings. The molecule has 29 heavy (non-hydrogen) atoms. The minimum atomic E-state index is -1.44. The van der Waals surface area contributed by atoms with E-state index in [-0.39, 0.29) is 31.2 Å². The lowest BCUT2D eigenvalue weighted by Crippen LogP contribution is -2.69. The van der Waals surface area contributed by atoms with Gasteiger partial charge in [0.2, 0.25) is 11.6 Å². The standard InChI is InChI=1S/C22H21N3O4/c1-3-13-24-20(27)17-9-4-5-10-18(17)25-19(26)11-12-22(24,25)21(28)23-15-7-6-8-16(14-15)29-2/h3-10,14H,1,11-13H2,2H3,(H,23,28). The predicted octanol–water partition coefficient (Wildman–Crippen LogP) is 2.80. The topological polar surface area (TPSA) is 79.0 Å². The quantitative estimate of drug-likeness (QED) is 0.795. The second-order valence-corrected chi connectivity index (χ2v) is 6.95. The number of amides is 3. The molecule has 2 heterocycles. The van der Waals surface area contributed by atoms with Crippen LogP contribution in [0.3, 0.4) is 0 Å². The van der Waals surface area contributed by atoms with Gasteiger partial charge in [0, 0.05) is 31.1 Å². The molecular formula is C22H21N3O4. The number of carbonyl (C=O) groups excluding carboxylic acids is 3. The number of nitrogens with one attached hydrogen (secondary N) is 1. The van der Waals surface area contributed by atoms with Crippen molar-refractivity contribution < 1.29 is 19.1 Å². The maximum absolute atomic E-state index is 13.6. The third-order valence-corrected chi connectivity index (χ3v) is 5.38. The van der Waals surface area contributed by atoms with Crippen molar-refractivity contribution in [3.8, 4) is 5.75 Å². The summed E-state index contributed by atoms with van der Waals surface area (Å²) in [5.74, 6) is -0.346. The van der Waals surface area contributed by atoms with Crippen molar-refractivity contribution in [2.45, 2.75) is 18.5 Å². The van der Waals surface area contributed by atoms with Crippen LogP contribution >= 0.6 is 0 Å². The van der Waals surface area contributed by atoms with E-state index >= 15 is 0 Å². The molecule has 2 aliphatic heterocycles. The lowest BCUT2D eigenvalue weighted by atomic mass is 9.95. The highest BCUT2D eigenvalue weighted by Gasteiger charge is 2.60. The van der Waals surface area contributed by atoms with Crippen LogP contribution < -0.4 is 15.0 Å². The Morgan fingerprint density at radius 1 is 1.24 bits per heavy atom. The molecule has 2 aromatic rings. The van der Waals surface area contributed by atoms with E-state index < -0.39 is 11.6 Å². The van der Waals surface area contributed by atoms with Gasteiger partial charge in [-0.25, -0.2) is 0 Å². The Labute approximate surface area is 168 Å². The molecule has 4 rings (SSSR count). The van der Waals surface area contributed by atoms with Crippen LogP contribution in [0.25, 0.3) is 0 Å². The molecule has 2 aromatic carbocycles. The summed E-state index contributed by atoms with van der Waals surface area (Å²) in [6, 6.07) is 13.8. The van der Waals surface area contributed by atoms with E-state index in [1.165, 1.54) is 9.80 Å². The summed E-state index contributed by atoms with van der Waals surface area (Å²) in [6.45, 7) is 3.87. The first-order chi connectivity index (χ1) is 14.0. The van der Waals surface area contributed by atoms with Crippen LogP contribution in [-0.2, 0) is 9.59 Å². The number of fused-ring (bicyclic) bond motifs is 3. The van der Waals surface area contributed by atoms with Gasteiger partial charge >= 0.3 is 0 Å². The number of hydrogen-bond donors (Lipinski definition) is 1. The van der Waals surface area contributed by atoms with Crippen molar-refractivity contribution >= 4 is 29.1 Å². The molecule has 0 aromatic heterocycles. The molecule has 148 valence electrons. The van der Waals surface area contributed by atoms with Gasteiger partial charge in [0.1, 0.15) is 5.75 Å². The molecule has 7 heteroatoms. The van der Waals surface area contributed by atoms with Gasteiger partial charge in [-0.15, -0.1) is 6.58 Å². The van der Waals surface area contributed by atoms with Crippen LogP contribution in [0.5, 0.6) is 5.75 Å². The maximum Gasteiger partial charge on any atom is 0.271 e. The SMILES string of the molecule is C=CCN1C(=O)c2ccccc2N2C(=O)CCC12C(=O)Nc1cccc(OC)c1. The van der Waals surface area contributed by atoms with Crippen molar-refractivity contribution in [2.24, 2.45) is 0 Å². The van der Waals surface area contributed by atoms with Crippen LogP contribution in [-0.4, -0.2) is 41.9 Å². The van der Waals surface area contributed by atoms with Gasteiger partial charge in [0.05, 0.1) is 18.4 Å². The van der Waals surface area contributed by atoms with Crippen molar-refractivity contribution in [1.82, 2.24) is 4.90 Å². The second-order valence-electron chi connectivity index (χ2n) is 6.95. The van der Waals surface area contributed by atoms with Gasteiger partial charge in [-0.3, -0.25) is 19.3 Å². The number of ether oxygens (including phenoxy) is 1. The van der Waals surface area contributed by atoms with Crippen molar-refractivity contribution in [3.05, 3.63) is 66.7 Å². The molecule has 1 N–H and O–H groups in total. The molecule has 0 bridgehead atoms. The fraction of sp³-hybridized carbons (Fsp3) is 0.227. The fourth-order valence-electron chi connectivity index (χ4n) is 4.10. The van der Waals surface area contributed by atoms with Crippen LogP contribution in [0.15, 0.2) is 61.2 Å². The first-order valence-electron chi connectivity index (χ1n) is 9.33. The van der Waals surface area contributed by atoms with Crippen LogP contribution in [0.2, 0.25) is 0 Å². The van der Waals surface area contributed by atoms with Gasteiger partial charge in [-0.05, 0) is 24.3 Å². The molecule has 0 saturated carbocycles. The van der Waals surface area contributed by atoms with E-state index in [4.69, 9.17) is 4.74 Å². The average molecular weight is 391 g/mol. The smallest absolute Gasteiger partial charge is 0.271 e. The summed E-state index contributed by atoms with van der Waals surface area (Å²) >= 11 is 0. The molecule has 1 saturated heterocycles. The Hall–Kier alpha value is -3.61. The predicted molar refractivity (Wildman–Crippen MR) is 109 cm³/mol. The van der Waals surface area contributed by atoms with Gasteiger partial charge in [0.15, 0.2) is 0 Å². The number of hydrogen-bond acceptors (Lipinski definition) is 4.